The Morgan fingerprint density at radius 1 is 1.43 bits per heavy atom. The average Bonchev–Trinajstić information content (AvgIpc) is 2.56. The molecule has 7 heteroatoms. The molecule has 23 heavy (non-hydrogen) atoms. The van der Waals surface area contributed by atoms with E-state index in [-0.39, 0.29) is 11.5 Å². The number of nitriles is 1. The van der Waals surface area contributed by atoms with Crippen molar-refractivity contribution in [3.8, 4) is 6.07 Å². The molecular formula is C16H20BrN5O. The third-order valence-corrected chi connectivity index (χ3v) is 3.99. The number of nitrogens with one attached hydrogen (secondary N) is 3. The lowest BCUT2D eigenvalue weighted by Crippen LogP contribution is -2.46. The Kier molecular flexibility index (Phi) is 7.07. The van der Waals surface area contributed by atoms with Crippen LogP contribution < -0.4 is 16.0 Å². The molecule has 2 rings (SSSR count). The summed E-state index contributed by atoms with van der Waals surface area (Å²) in [5.74, 6) is -0.356. The third kappa shape index (κ3) is 6.02. The van der Waals surface area contributed by atoms with E-state index < -0.39 is 0 Å². The highest BCUT2D eigenvalue weighted by atomic mass is 79.9. The third-order valence-electron chi connectivity index (χ3n) is 3.50. The van der Waals surface area contributed by atoms with Crippen molar-refractivity contribution in [2.45, 2.75) is 0 Å². The van der Waals surface area contributed by atoms with Crippen LogP contribution in [0.3, 0.4) is 0 Å². The molecule has 0 aliphatic carbocycles. The zero-order chi connectivity index (χ0) is 16.5. The smallest absolute Gasteiger partial charge is 0.263 e. The lowest BCUT2D eigenvalue weighted by molar-refractivity contribution is -0.117. The molecule has 1 amide bonds. The standard InChI is InChI=1S/C16H20BrN5O/c17-14-2-1-3-15(10-14)21-12-13(11-18)16(23)20-6-9-22-7-4-19-5-8-22/h1-3,10,12,19,21H,4-9H2,(H,20,23)/b13-12-. The molecule has 6 nitrogen and oxygen atoms in total. The number of hydrogen-bond acceptors (Lipinski definition) is 5. The first kappa shape index (κ1) is 17.5. The zero-order valence-corrected chi connectivity index (χ0v) is 14.4. The number of anilines is 1. The van der Waals surface area contributed by atoms with Gasteiger partial charge in [0.2, 0.25) is 0 Å². The topological polar surface area (TPSA) is 80.2 Å². The van der Waals surface area contributed by atoms with Crippen LogP contribution in [-0.2, 0) is 4.79 Å². The van der Waals surface area contributed by atoms with Crippen molar-refractivity contribution in [1.82, 2.24) is 15.5 Å². The molecule has 1 heterocycles. The van der Waals surface area contributed by atoms with Crippen molar-refractivity contribution in [1.29, 1.82) is 5.26 Å². The number of amides is 1. The molecule has 1 aliphatic rings. The molecule has 0 radical (unpaired) electrons. The summed E-state index contributed by atoms with van der Waals surface area (Å²) < 4.78 is 0.926. The highest BCUT2D eigenvalue weighted by Crippen LogP contribution is 2.15. The molecule has 0 spiro atoms. The van der Waals surface area contributed by atoms with Crippen molar-refractivity contribution in [2.75, 3.05) is 44.6 Å². The monoisotopic (exact) mass is 377 g/mol. The van der Waals surface area contributed by atoms with Crippen molar-refractivity contribution >= 4 is 27.5 Å². The highest BCUT2D eigenvalue weighted by molar-refractivity contribution is 9.10. The van der Waals surface area contributed by atoms with Gasteiger partial charge in [-0.3, -0.25) is 9.69 Å². The number of rotatable bonds is 6. The molecule has 0 atom stereocenters. The molecule has 1 fully saturated rings. The molecule has 0 unspecified atom stereocenters. The summed E-state index contributed by atoms with van der Waals surface area (Å²) in [7, 11) is 0. The summed E-state index contributed by atoms with van der Waals surface area (Å²) in [5, 5.41) is 18.2. The fraction of sp³-hybridized carbons (Fsp3) is 0.375. The van der Waals surface area contributed by atoms with E-state index in [1.165, 1.54) is 6.20 Å². The maximum Gasteiger partial charge on any atom is 0.263 e. The fourth-order valence-electron chi connectivity index (χ4n) is 2.24. The van der Waals surface area contributed by atoms with Crippen LogP contribution in [0.1, 0.15) is 0 Å². The largest absolute Gasteiger partial charge is 0.360 e. The lowest BCUT2D eigenvalue weighted by atomic mass is 10.2. The van der Waals surface area contributed by atoms with E-state index in [0.717, 1.165) is 42.9 Å². The van der Waals surface area contributed by atoms with Crippen LogP contribution in [0.2, 0.25) is 0 Å². The van der Waals surface area contributed by atoms with E-state index in [2.05, 4.69) is 36.8 Å². The van der Waals surface area contributed by atoms with Crippen molar-refractivity contribution in [3.63, 3.8) is 0 Å². The first-order chi connectivity index (χ1) is 11.2. The summed E-state index contributed by atoms with van der Waals surface area (Å²) in [5.41, 5.74) is 0.867. The van der Waals surface area contributed by atoms with Gasteiger partial charge in [-0.05, 0) is 18.2 Å². The van der Waals surface area contributed by atoms with E-state index in [1.807, 2.05) is 30.3 Å². The zero-order valence-electron chi connectivity index (χ0n) is 12.8. The Labute approximate surface area is 144 Å². The van der Waals surface area contributed by atoms with Crippen LogP contribution in [0, 0.1) is 11.3 Å². The van der Waals surface area contributed by atoms with Gasteiger partial charge in [0.15, 0.2) is 0 Å². The lowest BCUT2D eigenvalue weighted by Gasteiger charge is -2.27. The van der Waals surface area contributed by atoms with Crippen LogP contribution in [-0.4, -0.2) is 50.1 Å². The molecule has 1 saturated heterocycles. The van der Waals surface area contributed by atoms with Gasteiger partial charge in [0.1, 0.15) is 11.6 Å². The van der Waals surface area contributed by atoms with Crippen LogP contribution in [0.25, 0.3) is 0 Å². The maximum absolute atomic E-state index is 12.0. The molecular weight excluding hydrogens is 358 g/mol. The minimum absolute atomic E-state index is 0.0605. The van der Waals surface area contributed by atoms with E-state index >= 15 is 0 Å². The number of nitrogens with zero attached hydrogens (tertiary/aromatic N) is 2. The van der Waals surface area contributed by atoms with Gasteiger partial charge in [0, 0.05) is 55.6 Å². The van der Waals surface area contributed by atoms with Gasteiger partial charge in [-0.25, -0.2) is 0 Å². The second-order valence-corrected chi connectivity index (χ2v) is 6.09. The highest BCUT2D eigenvalue weighted by Gasteiger charge is 2.11. The Balaban J connectivity index is 1.80. The predicted octanol–water partition coefficient (Wildman–Crippen LogP) is 1.29. The summed E-state index contributed by atoms with van der Waals surface area (Å²) in [6, 6.07) is 9.44. The maximum atomic E-state index is 12.0. The van der Waals surface area contributed by atoms with Crippen molar-refractivity contribution in [3.05, 3.63) is 40.5 Å². The summed E-state index contributed by atoms with van der Waals surface area (Å²) >= 11 is 3.37. The van der Waals surface area contributed by atoms with Gasteiger partial charge in [-0.15, -0.1) is 0 Å². The van der Waals surface area contributed by atoms with Gasteiger partial charge >= 0.3 is 0 Å². The summed E-state index contributed by atoms with van der Waals surface area (Å²) in [6.07, 6.45) is 1.43. The Hall–Kier alpha value is -1.88. The van der Waals surface area contributed by atoms with Crippen LogP contribution >= 0.6 is 15.9 Å². The Bertz CT molecular complexity index is 605. The van der Waals surface area contributed by atoms with Crippen molar-refractivity contribution in [2.24, 2.45) is 0 Å². The quantitative estimate of drug-likeness (QED) is 0.514. The number of benzene rings is 1. The molecule has 1 aromatic rings. The van der Waals surface area contributed by atoms with E-state index in [9.17, 15) is 4.79 Å². The molecule has 1 aliphatic heterocycles. The Morgan fingerprint density at radius 2 is 2.22 bits per heavy atom. The molecule has 0 aromatic heterocycles. The molecule has 0 saturated carbocycles. The van der Waals surface area contributed by atoms with Crippen LogP contribution in [0.4, 0.5) is 5.69 Å². The first-order valence-electron chi connectivity index (χ1n) is 7.52. The fourth-order valence-corrected chi connectivity index (χ4v) is 2.64. The van der Waals surface area contributed by atoms with E-state index in [0.29, 0.717) is 6.54 Å². The van der Waals surface area contributed by atoms with Crippen LogP contribution in [0.5, 0.6) is 0 Å². The summed E-state index contributed by atoms with van der Waals surface area (Å²) in [6.45, 7) is 5.27. The minimum Gasteiger partial charge on any atom is -0.360 e. The first-order valence-corrected chi connectivity index (χ1v) is 8.32. The normalized spacial score (nSPS) is 15.7. The number of hydrogen-bond donors (Lipinski definition) is 3. The number of carbonyl (C=O) groups is 1. The number of piperazine rings is 1. The van der Waals surface area contributed by atoms with Crippen molar-refractivity contribution < 1.29 is 4.79 Å². The van der Waals surface area contributed by atoms with Gasteiger partial charge in [-0.2, -0.15) is 5.26 Å². The SMILES string of the molecule is N#C/C(=C/Nc1cccc(Br)c1)C(=O)NCCN1CCNCC1. The van der Waals surface area contributed by atoms with Gasteiger partial charge < -0.3 is 16.0 Å². The minimum atomic E-state index is -0.356. The number of halogens is 1. The number of carbonyl (C=O) groups excluding carboxylic acids is 1. The van der Waals surface area contributed by atoms with E-state index in [1.54, 1.807) is 0 Å². The second-order valence-electron chi connectivity index (χ2n) is 5.17. The molecule has 1 aromatic carbocycles. The molecule has 122 valence electrons. The van der Waals surface area contributed by atoms with E-state index in [4.69, 9.17) is 5.26 Å². The van der Waals surface area contributed by atoms with Crippen LogP contribution in [0.15, 0.2) is 40.5 Å². The average molecular weight is 378 g/mol. The van der Waals surface area contributed by atoms with Gasteiger partial charge in [0.05, 0.1) is 0 Å². The van der Waals surface area contributed by atoms with Gasteiger partial charge in [-0.1, -0.05) is 22.0 Å². The predicted molar refractivity (Wildman–Crippen MR) is 93.8 cm³/mol. The molecule has 3 N–H and O–H groups in total. The Morgan fingerprint density at radius 3 is 2.91 bits per heavy atom. The summed E-state index contributed by atoms with van der Waals surface area (Å²) in [4.78, 5) is 14.3. The second kappa shape index (κ2) is 9.30. The molecule has 0 bridgehead atoms. The van der Waals surface area contributed by atoms with Gasteiger partial charge in [0.25, 0.3) is 5.91 Å².